The Balaban J connectivity index is 1.88. The second-order valence-corrected chi connectivity index (χ2v) is 6.20. The van der Waals surface area contributed by atoms with Gasteiger partial charge in [0.25, 0.3) is 5.91 Å². The third-order valence-electron chi connectivity index (χ3n) is 4.19. The van der Waals surface area contributed by atoms with Crippen molar-refractivity contribution in [2.45, 2.75) is 6.61 Å². The molecular weight excluding hydrogens is 346 g/mol. The summed E-state index contributed by atoms with van der Waals surface area (Å²) in [5, 5.41) is 9.65. The third kappa shape index (κ3) is 3.30. The van der Waals surface area contributed by atoms with Gasteiger partial charge in [-0.1, -0.05) is 36.4 Å². The fourth-order valence-electron chi connectivity index (χ4n) is 2.68. The predicted octanol–water partition coefficient (Wildman–Crippen LogP) is 3.17. The minimum Gasteiger partial charge on any atom is -0.488 e. The molecule has 3 rings (SSSR count). The van der Waals surface area contributed by atoms with Gasteiger partial charge in [0.05, 0.1) is 11.6 Å². The molecule has 1 saturated heterocycles. The first kappa shape index (κ1) is 17.6. The molecule has 26 heavy (non-hydrogen) atoms. The van der Waals surface area contributed by atoms with Gasteiger partial charge in [-0.25, -0.2) is 0 Å². The molecular formula is C20H17N3O2S. The lowest BCUT2D eigenvalue weighted by Gasteiger charge is -2.13. The van der Waals surface area contributed by atoms with Crippen molar-refractivity contribution in [1.82, 2.24) is 9.80 Å². The van der Waals surface area contributed by atoms with Gasteiger partial charge in [0.2, 0.25) is 0 Å². The maximum atomic E-state index is 12.4. The van der Waals surface area contributed by atoms with E-state index in [9.17, 15) is 10.1 Å². The fraction of sp³-hybridized carbons (Fsp3) is 0.150. The van der Waals surface area contributed by atoms with Crippen LogP contribution in [-0.4, -0.2) is 34.9 Å². The van der Waals surface area contributed by atoms with Crippen LogP contribution in [0.15, 0.2) is 54.2 Å². The van der Waals surface area contributed by atoms with Crippen LogP contribution in [0.1, 0.15) is 16.7 Å². The SMILES string of the molecule is CN1C(=O)/C(=C/c2ccccc2OCc2ccccc2C#N)N(C)C1=S. The highest BCUT2D eigenvalue weighted by Crippen LogP contribution is 2.26. The smallest absolute Gasteiger partial charge is 0.276 e. The van der Waals surface area contributed by atoms with Crippen LogP contribution in [0.25, 0.3) is 6.08 Å². The average molecular weight is 363 g/mol. The Morgan fingerprint density at radius 1 is 1.12 bits per heavy atom. The van der Waals surface area contributed by atoms with Crippen LogP contribution in [0.4, 0.5) is 0 Å². The number of para-hydroxylation sites is 1. The first-order valence-electron chi connectivity index (χ1n) is 8.00. The van der Waals surface area contributed by atoms with Crippen molar-refractivity contribution in [2.75, 3.05) is 14.1 Å². The van der Waals surface area contributed by atoms with Gasteiger partial charge < -0.3 is 9.64 Å². The number of carbonyl (C=O) groups is 1. The number of nitrogens with zero attached hydrogens (tertiary/aromatic N) is 3. The lowest BCUT2D eigenvalue weighted by Crippen LogP contribution is -2.26. The van der Waals surface area contributed by atoms with Crippen molar-refractivity contribution < 1.29 is 9.53 Å². The molecule has 1 aliphatic rings. The standard InChI is InChI=1S/C20H17N3O2S/c1-22-17(19(24)23(2)20(22)26)11-14-7-5-6-10-18(14)25-13-16-9-4-3-8-15(16)12-21/h3-11H,13H2,1-2H3/b17-11-. The minimum absolute atomic E-state index is 0.151. The van der Waals surface area contributed by atoms with E-state index < -0.39 is 0 Å². The van der Waals surface area contributed by atoms with E-state index in [-0.39, 0.29) is 12.5 Å². The number of hydrogen-bond donors (Lipinski definition) is 0. The van der Waals surface area contributed by atoms with Crippen molar-refractivity contribution in [3.8, 4) is 11.8 Å². The van der Waals surface area contributed by atoms with Gasteiger partial charge in [0.15, 0.2) is 5.11 Å². The summed E-state index contributed by atoms with van der Waals surface area (Å²) in [6, 6.07) is 16.9. The van der Waals surface area contributed by atoms with E-state index >= 15 is 0 Å². The number of likely N-dealkylation sites (N-methyl/N-ethyl adjacent to an activating group) is 2. The number of rotatable bonds is 4. The van der Waals surface area contributed by atoms with Crippen molar-refractivity contribution in [3.05, 3.63) is 70.9 Å². The summed E-state index contributed by atoms with van der Waals surface area (Å²) < 4.78 is 5.93. The predicted molar refractivity (Wildman–Crippen MR) is 103 cm³/mol. The number of benzene rings is 2. The van der Waals surface area contributed by atoms with Gasteiger partial charge in [0.1, 0.15) is 18.1 Å². The Labute approximate surface area is 157 Å². The normalized spacial score (nSPS) is 15.5. The highest BCUT2D eigenvalue weighted by molar-refractivity contribution is 7.80. The molecule has 0 atom stereocenters. The molecule has 0 aliphatic carbocycles. The van der Waals surface area contributed by atoms with E-state index in [1.807, 2.05) is 42.5 Å². The fourth-order valence-corrected chi connectivity index (χ4v) is 2.86. The maximum Gasteiger partial charge on any atom is 0.276 e. The van der Waals surface area contributed by atoms with Crippen LogP contribution < -0.4 is 4.74 Å². The largest absolute Gasteiger partial charge is 0.488 e. The monoisotopic (exact) mass is 363 g/mol. The van der Waals surface area contributed by atoms with Gasteiger partial charge in [-0.05, 0) is 30.4 Å². The van der Waals surface area contributed by atoms with Crippen LogP contribution in [0.2, 0.25) is 0 Å². The first-order chi connectivity index (χ1) is 12.5. The summed E-state index contributed by atoms with van der Waals surface area (Å²) in [7, 11) is 3.42. The third-order valence-corrected chi connectivity index (χ3v) is 4.74. The van der Waals surface area contributed by atoms with Crippen LogP contribution >= 0.6 is 12.2 Å². The highest BCUT2D eigenvalue weighted by Gasteiger charge is 2.32. The van der Waals surface area contributed by atoms with Crippen molar-refractivity contribution in [1.29, 1.82) is 5.26 Å². The lowest BCUT2D eigenvalue weighted by molar-refractivity contribution is -0.121. The Hall–Kier alpha value is -3.17. The molecule has 1 amide bonds. The molecule has 0 bridgehead atoms. The molecule has 0 aromatic heterocycles. The van der Waals surface area contributed by atoms with Crippen LogP contribution in [0.5, 0.6) is 5.75 Å². The molecule has 130 valence electrons. The van der Waals surface area contributed by atoms with E-state index in [0.29, 0.717) is 22.1 Å². The molecule has 1 fully saturated rings. The molecule has 2 aromatic carbocycles. The van der Waals surface area contributed by atoms with Crippen LogP contribution in [-0.2, 0) is 11.4 Å². The van der Waals surface area contributed by atoms with E-state index in [0.717, 1.165) is 11.1 Å². The zero-order valence-electron chi connectivity index (χ0n) is 14.5. The first-order valence-corrected chi connectivity index (χ1v) is 8.41. The highest BCUT2D eigenvalue weighted by atomic mass is 32.1. The van der Waals surface area contributed by atoms with Crippen molar-refractivity contribution in [3.63, 3.8) is 0 Å². The molecule has 0 radical (unpaired) electrons. The van der Waals surface area contributed by atoms with E-state index in [1.165, 1.54) is 4.90 Å². The summed E-state index contributed by atoms with van der Waals surface area (Å²) in [6.45, 7) is 0.270. The second-order valence-electron chi connectivity index (χ2n) is 5.83. The second kappa shape index (κ2) is 7.38. The maximum absolute atomic E-state index is 12.4. The number of thiocarbonyl (C=S) groups is 1. The van der Waals surface area contributed by atoms with E-state index in [2.05, 4.69) is 6.07 Å². The molecule has 5 nitrogen and oxygen atoms in total. The summed E-state index contributed by atoms with van der Waals surface area (Å²) in [5.74, 6) is 0.483. The Kier molecular flexibility index (Phi) is 5.01. The number of carbonyl (C=O) groups excluding carboxylic acids is 1. The topological polar surface area (TPSA) is 56.6 Å². The quantitative estimate of drug-likeness (QED) is 0.617. The van der Waals surface area contributed by atoms with Gasteiger partial charge in [0, 0.05) is 25.2 Å². The number of ether oxygens (including phenoxy) is 1. The molecule has 2 aromatic rings. The average Bonchev–Trinajstić information content (AvgIpc) is 2.85. The molecule has 1 aliphatic heterocycles. The number of hydrogen-bond acceptors (Lipinski definition) is 4. The summed E-state index contributed by atoms with van der Waals surface area (Å²) in [4.78, 5) is 15.5. The minimum atomic E-state index is -0.151. The van der Waals surface area contributed by atoms with Crippen molar-refractivity contribution >= 4 is 29.3 Å². The molecule has 0 saturated carbocycles. The summed E-state index contributed by atoms with van der Waals surface area (Å²) >= 11 is 5.24. The molecule has 6 heteroatoms. The van der Waals surface area contributed by atoms with Crippen molar-refractivity contribution in [2.24, 2.45) is 0 Å². The van der Waals surface area contributed by atoms with Gasteiger partial charge >= 0.3 is 0 Å². The van der Waals surface area contributed by atoms with Gasteiger partial charge in [-0.15, -0.1) is 0 Å². The van der Waals surface area contributed by atoms with E-state index in [1.54, 1.807) is 31.1 Å². The van der Waals surface area contributed by atoms with Gasteiger partial charge in [-0.2, -0.15) is 5.26 Å². The van der Waals surface area contributed by atoms with E-state index in [4.69, 9.17) is 17.0 Å². The Bertz CT molecular complexity index is 946. The summed E-state index contributed by atoms with van der Waals surface area (Å²) in [6.07, 6.45) is 1.77. The van der Waals surface area contributed by atoms with Gasteiger partial charge in [-0.3, -0.25) is 9.69 Å². The molecule has 0 unspecified atom stereocenters. The molecule has 0 spiro atoms. The lowest BCUT2D eigenvalue weighted by atomic mass is 10.1. The zero-order valence-corrected chi connectivity index (χ0v) is 15.3. The Morgan fingerprint density at radius 2 is 1.81 bits per heavy atom. The Morgan fingerprint density at radius 3 is 2.50 bits per heavy atom. The zero-order chi connectivity index (χ0) is 18.7. The van der Waals surface area contributed by atoms with Crippen LogP contribution in [0.3, 0.4) is 0 Å². The molecule has 1 heterocycles. The number of nitriles is 1. The summed E-state index contributed by atoms with van der Waals surface area (Å²) in [5.41, 5.74) is 2.66. The molecule has 0 N–H and O–H groups in total. The number of amides is 1. The van der Waals surface area contributed by atoms with Crippen LogP contribution in [0, 0.1) is 11.3 Å².